The summed E-state index contributed by atoms with van der Waals surface area (Å²) in [4.78, 5) is 21.7. The fourth-order valence-corrected chi connectivity index (χ4v) is 4.37. The lowest BCUT2D eigenvalue weighted by Gasteiger charge is -2.22. The average molecular weight is 341 g/mol. The van der Waals surface area contributed by atoms with E-state index in [1.807, 2.05) is 11.6 Å². The van der Waals surface area contributed by atoms with Gasteiger partial charge in [-0.3, -0.25) is 4.79 Å². The van der Waals surface area contributed by atoms with Gasteiger partial charge in [0.2, 0.25) is 5.91 Å². The van der Waals surface area contributed by atoms with Crippen molar-refractivity contribution in [3.8, 4) is 0 Å². The van der Waals surface area contributed by atoms with Gasteiger partial charge in [0.05, 0.1) is 0 Å². The molecule has 4 rings (SSSR count). The molecule has 2 atom stereocenters. The van der Waals surface area contributed by atoms with Crippen LogP contribution in [0.3, 0.4) is 0 Å². The van der Waals surface area contributed by atoms with Gasteiger partial charge in [0, 0.05) is 43.7 Å². The molecule has 2 heterocycles. The van der Waals surface area contributed by atoms with E-state index in [0.717, 1.165) is 44.2 Å². The first-order chi connectivity index (χ1) is 11.7. The molecule has 1 amide bonds. The molecule has 0 unspecified atom stereocenters. The lowest BCUT2D eigenvalue weighted by molar-refractivity contribution is -0.132. The summed E-state index contributed by atoms with van der Waals surface area (Å²) in [6, 6.07) is 8.61. The van der Waals surface area contributed by atoms with Gasteiger partial charge in [-0.15, -0.1) is 11.3 Å². The van der Waals surface area contributed by atoms with Crippen molar-refractivity contribution < 1.29 is 4.79 Å². The van der Waals surface area contributed by atoms with Gasteiger partial charge in [0.25, 0.3) is 0 Å². The molecule has 1 saturated heterocycles. The molecule has 24 heavy (non-hydrogen) atoms. The van der Waals surface area contributed by atoms with Crippen LogP contribution < -0.4 is 4.90 Å². The molecule has 2 fully saturated rings. The Morgan fingerprint density at radius 3 is 2.96 bits per heavy atom. The van der Waals surface area contributed by atoms with Crippen LogP contribution in [0.15, 0.2) is 35.8 Å². The molecule has 4 nitrogen and oxygen atoms in total. The van der Waals surface area contributed by atoms with Crippen molar-refractivity contribution in [2.75, 3.05) is 31.1 Å². The number of anilines is 1. The summed E-state index contributed by atoms with van der Waals surface area (Å²) in [5.74, 6) is 0.969. The van der Waals surface area contributed by atoms with Crippen molar-refractivity contribution in [3.63, 3.8) is 0 Å². The van der Waals surface area contributed by atoms with E-state index in [1.165, 1.54) is 11.1 Å². The third kappa shape index (κ3) is 3.18. The van der Waals surface area contributed by atoms with E-state index in [2.05, 4.69) is 46.0 Å². The highest BCUT2D eigenvalue weighted by molar-refractivity contribution is 7.13. The smallest absolute Gasteiger partial charge is 0.226 e. The van der Waals surface area contributed by atoms with Crippen LogP contribution in [0.4, 0.5) is 5.13 Å². The molecule has 1 aromatic heterocycles. The molecule has 126 valence electrons. The van der Waals surface area contributed by atoms with Crippen molar-refractivity contribution in [2.24, 2.45) is 5.92 Å². The Morgan fingerprint density at radius 1 is 1.25 bits per heavy atom. The summed E-state index contributed by atoms with van der Waals surface area (Å²) in [7, 11) is 0. The maximum absolute atomic E-state index is 12.9. The second-order valence-corrected chi connectivity index (χ2v) is 7.72. The highest BCUT2D eigenvalue weighted by Crippen LogP contribution is 2.48. The van der Waals surface area contributed by atoms with Crippen molar-refractivity contribution >= 4 is 22.4 Å². The number of hydrogen-bond acceptors (Lipinski definition) is 4. The molecule has 0 spiro atoms. The van der Waals surface area contributed by atoms with Gasteiger partial charge >= 0.3 is 0 Å². The first-order valence-corrected chi connectivity index (χ1v) is 9.60. The molecular weight excluding hydrogens is 318 g/mol. The number of nitrogens with zero attached hydrogens (tertiary/aromatic N) is 3. The third-order valence-electron chi connectivity index (χ3n) is 5.08. The standard InChI is InChI=1S/C19H23N3OS/c1-14-4-2-5-15(12-14)16-13-17(16)18(23)21-7-3-8-22(10-9-21)19-20-6-11-24-19/h2,4-6,11-12,16-17H,3,7-10,13H2,1H3/t16-,17-/m0/s1. The number of benzene rings is 1. The second kappa shape index (κ2) is 6.55. The van der Waals surface area contributed by atoms with Crippen LogP contribution in [0.2, 0.25) is 0 Å². The van der Waals surface area contributed by atoms with E-state index in [1.54, 1.807) is 11.3 Å². The number of thiazole rings is 1. The van der Waals surface area contributed by atoms with E-state index in [0.29, 0.717) is 11.8 Å². The first kappa shape index (κ1) is 15.6. The summed E-state index contributed by atoms with van der Waals surface area (Å²) < 4.78 is 0. The van der Waals surface area contributed by atoms with Crippen molar-refractivity contribution in [1.82, 2.24) is 9.88 Å². The maximum Gasteiger partial charge on any atom is 0.226 e. The SMILES string of the molecule is Cc1cccc([C@@H]2C[C@@H]2C(=O)N2CCCN(c3nccs3)CC2)c1. The van der Waals surface area contributed by atoms with Gasteiger partial charge in [0.1, 0.15) is 0 Å². The number of amides is 1. The zero-order valence-corrected chi connectivity index (χ0v) is 14.8. The summed E-state index contributed by atoms with van der Waals surface area (Å²) in [5.41, 5.74) is 2.60. The summed E-state index contributed by atoms with van der Waals surface area (Å²) in [6.45, 7) is 5.68. The van der Waals surface area contributed by atoms with Crippen LogP contribution in [0.25, 0.3) is 0 Å². The first-order valence-electron chi connectivity index (χ1n) is 8.72. The molecule has 0 radical (unpaired) electrons. The number of aromatic nitrogens is 1. The van der Waals surface area contributed by atoms with Gasteiger partial charge in [0.15, 0.2) is 5.13 Å². The van der Waals surface area contributed by atoms with Gasteiger partial charge < -0.3 is 9.80 Å². The molecule has 5 heteroatoms. The van der Waals surface area contributed by atoms with Crippen LogP contribution in [-0.2, 0) is 4.79 Å². The van der Waals surface area contributed by atoms with Crippen LogP contribution >= 0.6 is 11.3 Å². The topological polar surface area (TPSA) is 36.4 Å². The van der Waals surface area contributed by atoms with Crippen LogP contribution in [0.5, 0.6) is 0 Å². The number of carbonyl (C=O) groups is 1. The van der Waals surface area contributed by atoms with Crippen molar-refractivity contribution in [1.29, 1.82) is 0 Å². The van der Waals surface area contributed by atoms with Crippen molar-refractivity contribution in [2.45, 2.75) is 25.7 Å². The fourth-order valence-electron chi connectivity index (χ4n) is 3.67. The number of carbonyl (C=O) groups excluding carboxylic acids is 1. The minimum absolute atomic E-state index is 0.193. The molecule has 0 bridgehead atoms. The lowest BCUT2D eigenvalue weighted by atomic mass is 10.1. The molecule has 2 aromatic rings. The predicted octanol–water partition coefficient (Wildman–Crippen LogP) is 3.29. The Morgan fingerprint density at radius 2 is 2.17 bits per heavy atom. The normalized spacial score (nSPS) is 23.9. The third-order valence-corrected chi connectivity index (χ3v) is 5.91. The molecule has 1 aromatic carbocycles. The molecule has 1 saturated carbocycles. The molecule has 1 aliphatic carbocycles. The highest BCUT2D eigenvalue weighted by Gasteiger charge is 2.45. The maximum atomic E-state index is 12.9. The number of aryl methyl sites for hydroxylation is 1. The van der Waals surface area contributed by atoms with Crippen LogP contribution in [-0.4, -0.2) is 42.0 Å². The Kier molecular flexibility index (Phi) is 4.27. The molecule has 1 aliphatic heterocycles. The van der Waals surface area contributed by atoms with Crippen molar-refractivity contribution in [3.05, 3.63) is 47.0 Å². The van der Waals surface area contributed by atoms with Crippen LogP contribution in [0.1, 0.15) is 29.9 Å². The summed E-state index contributed by atoms with van der Waals surface area (Å²) in [6.07, 6.45) is 3.88. The quantitative estimate of drug-likeness (QED) is 0.859. The monoisotopic (exact) mass is 341 g/mol. The highest BCUT2D eigenvalue weighted by atomic mass is 32.1. The number of hydrogen-bond donors (Lipinski definition) is 0. The van der Waals surface area contributed by atoms with E-state index in [4.69, 9.17) is 0 Å². The van der Waals surface area contributed by atoms with Crippen LogP contribution in [0, 0.1) is 12.8 Å². The van der Waals surface area contributed by atoms with Gasteiger partial charge in [-0.25, -0.2) is 4.98 Å². The second-order valence-electron chi connectivity index (χ2n) is 6.84. The largest absolute Gasteiger partial charge is 0.346 e. The van der Waals surface area contributed by atoms with E-state index in [9.17, 15) is 4.79 Å². The Bertz CT molecular complexity index is 715. The minimum atomic E-state index is 0.193. The zero-order valence-electron chi connectivity index (χ0n) is 14.0. The average Bonchev–Trinajstić information content (AvgIpc) is 3.28. The van der Waals surface area contributed by atoms with Gasteiger partial charge in [-0.1, -0.05) is 29.8 Å². The molecule has 0 N–H and O–H groups in total. The predicted molar refractivity (Wildman–Crippen MR) is 97.6 cm³/mol. The molecular formula is C19H23N3OS. The van der Waals surface area contributed by atoms with E-state index < -0.39 is 0 Å². The van der Waals surface area contributed by atoms with E-state index in [-0.39, 0.29) is 5.92 Å². The fraction of sp³-hybridized carbons (Fsp3) is 0.474. The van der Waals surface area contributed by atoms with E-state index >= 15 is 0 Å². The minimum Gasteiger partial charge on any atom is -0.346 e. The zero-order chi connectivity index (χ0) is 16.5. The Balaban J connectivity index is 1.37. The van der Waals surface area contributed by atoms with Gasteiger partial charge in [-0.2, -0.15) is 0 Å². The molecule has 2 aliphatic rings. The van der Waals surface area contributed by atoms with Gasteiger partial charge in [-0.05, 0) is 31.2 Å². The Labute approximate surface area is 147 Å². The number of rotatable bonds is 3. The summed E-state index contributed by atoms with van der Waals surface area (Å²) >= 11 is 1.68. The summed E-state index contributed by atoms with van der Waals surface area (Å²) in [5, 5.41) is 3.09. The lowest BCUT2D eigenvalue weighted by Crippen LogP contribution is -2.36. The Hall–Kier alpha value is -1.88.